The highest BCUT2D eigenvalue weighted by Crippen LogP contribution is 2.20. The number of rotatable bonds is 4. The van der Waals surface area contributed by atoms with E-state index in [1.165, 1.54) is 22.7 Å². The van der Waals surface area contributed by atoms with Crippen molar-refractivity contribution >= 4 is 34.5 Å². The van der Waals surface area contributed by atoms with Crippen molar-refractivity contribution in [3.05, 3.63) is 31.7 Å². The van der Waals surface area contributed by atoms with E-state index in [1.54, 1.807) is 25.2 Å². The van der Waals surface area contributed by atoms with Crippen LogP contribution in [0.15, 0.2) is 6.20 Å². The van der Waals surface area contributed by atoms with Crippen LogP contribution in [0.5, 0.6) is 0 Å². The number of hydrogen-bond donors (Lipinski definition) is 1. The molecule has 0 saturated heterocycles. The van der Waals surface area contributed by atoms with Crippen LogP contribution in [0.3, 0.4) is 0 Å². The average Bonchev–Trinajstić information content (AvgIpc) is 3.04. The molecule has 0 fully saturated rings. The molecule has 0 radical (unpaired) electrons. The zero-order valence-corrected chi connectivity index (χ0v) is 13.9. The van der Waals surface area contributed by atoms with Crippen molar-refractivity contribution in [2.24, 2.45) is 0 Å². The van der Waals surface area contributed by atoms with Crippen LogP contribution in [0.4, 0.5) is 0 Å². The van der Waals surface area contributed by atoms with Crippen LogP contribution in [-0.2, 0) is 6.54 Å². The minimum absolute atomic E-state index is 0.137. The second kappa shape index (κ2) is 6.31. The van der Waals surface area contributed by atoms with Gasteiger partial charge in [-0.05, 0) is 13.8 Å². The standard InChI is InChI=1S/C13H16N4O2S2/c1-7-5-15-12(20-7)13(19)17(4)6-9-8(2)21-11(16-9)10(18)14-3/h5H,6H2,1-4H3,(H,14,18). The predicted octanol–water partition coefficient (Wildman–Crippen LogP) is 1.85. The quantitative estimate of drug-likeness (QED) is 0.931. The summed E-state index contributed by atoms with van der Waals surface area (Å²) in [7, 11) is 3.27. The highest BCUT2D eigenvalue weighted by atomic mass is 32.1. The summed E-state index contributed by atoms with van der Waals surface area (Å²) >= 11 is 2.69. The maximum atomic E-state index is 12.2. The molecule has 2 rings (SSSR count). The fourth-order valence-electron chi connectivity index (χ4n) is 1.69. The molecule has 0 unspecified atom stereocenters. The largest absolute Gasteiger partial charge is 0.353 e. The Labute approximate surface area is 130 Å². The first kappa shape index (κ1) is 15.6. The molecule has 8 heteroatoms. The van der Waals surface area contributed by atoms with Gasteiger partial charge >= 0.3 is 0 Å². The lowest BCUT2D eigenvalue weighted by atomic mass is 10.3. The van der Waals surface area contributed by atoms with Crippen LogP contribution in [-0.4, -0.2) is 40.8 Å². The molecule has 21 heavy (non-hydrogen) atoms. The zero-order valence-electron chi connectivity index (χ0n) is 12.3. The lowest BCUT2D eigenvalue weighted by Crippen LogP contribution is -2.26. The summed E-state index contributed by atoms with van der Waals surface area (Å²) in [6.45, 7) is 4.16. The second-order valence-corrected chi connectivity index (χ2v) is 6.98. The van der Waals surface area contributed by atoms with Crippen molar-refractivity contribution < 1.29 is 9.59 Å². The van der Waals surface area contributed by atoms with Crippen LogP contribution in [0, 0.1) is 13.8 Å². The van der Waals surface area contributed by atoms with Gasteiger partial charge in [0.1, 0.15) is 0 Å². The van der Waals surface area contributed by atoms with Gasteiger partial charge in [-0.3, -0.25) is 9.59 Å². The van der Waals surface area contributed by atoms with Gasteiger partial charge in [-0.2, -0.15) is 0 Å². The van der Waals surface area contributed by atoms with E-state index in [0.717, 1.165) is 15.4 Å². The van der Waals surface area contributed by atoms with E-state index in [2.05, 4.69) is 15.3 Å². The molecule has 0 spiro atoms. The van der Waals surface area contributed by atoms with Gasteiger partial charge in [0.05, 0.1) is 12.2 Å². The SMILES string of the molecule is CNC(=O)c1nc(CN(C)C(=O)c2ncc(C)s2)c(C)s1. The zero-order chi connectivity index (χ0) is 15.6. The molecular formula is C13H16N4O2S2. The number of carbonyl (C=O) groups is 2. The molecule has 1 N–H and O–H groups in total. The normalized spacial score (nSPS) is 10.5. The third-order valence-electron chi connectivity index (χ3n) is 2.85. The lowest BCUT2D eigenvalue weighted by molar-refractivity contribution is 0.0783. The Hall–Kier alpha value is -1.80. The van der Waals surface area contributed by atoms with E-state index in [1.807, 2.05) is 13.8 Å². The average molecular weight is 324 g/mol. The first-order valence-electron chi connectivity index (χ1n) is 6.28. The van der Waals surface area contributed by atoms with Crippen molar-refractivity contribution in [1.82, 2.24) is 20.2 Å². The Morgan fingerprint density at radius 3 is 2.57 bits per heavy atom. The van der Waals surface area contributed by atoms with E-state index in [0.29, 0.717) is 16.6 Å². The number of aryl methyl sites for hydroxylation is 2. The van der Waals surface area contributed by atoms with Crippen molar-refractivity contribution in [3.8, 4) is 0 Å². The van der Waals surface area contributed by atoms with Gasteiger partial charge in [0.15, 0.2) is 10.0 Å². The molecular weight excluding hydrogens is 308 g/mol. The second-order valence-electron chi connectivity index (χ2n) is 4.54. The minimum atomic E-state index is -0.209. The molecule has 0 aliphatic heterocycles. The van der Waals surface area contributed by atoms with Gasteiger partial charge < -0.3 is 10.2 Å². The van der Waals surface area contributed by atoms with Gasteiger partial charge in [-0.25, -0.2) is 9.97 Å². The molecule has 2 aromatic heterocycles. The lowest BCUT2D eigenvalue weighted by Gasteiger charge is -2.14. The Bertz CT molecular complexity index is 678. The fraction of sp³-hybridized carbons (Fsp3) is 0.385. The van der Waals surface area contributed by atoms with Crippen molar-refractivity contribution in [1.29, 1.82) is 0 Å². The molecule has 2 aromatic rings. The van der Waals surface area contributed by atoms with Crippen molar-refractivity contribution in [2.45, 2.75) is 20.4 Å². The highest BCUT2D eigenvalue weighted by Gasteiger charge is 2.19. The summed E-state index contributed by atoms with van der Waals surface area (Å²) in [5.74, 6) is -0.346. The molecule has 0 atom stereocenters. The van der Waals surface area contributed by atoms with Crippen LogP contribution >= 0.6 is 22.7 Å². The summed E-state index contributed by atoms with van der Waals surface area (Å²) in [6.07, 6.45) is 1.68. The van der Waals surface area contributed by atoms with E-state index in [4.69, 9.17) is 0 Å². The molecule has 6 nitrogen and oxygen atoms in total. The Kier molecular flexibility index (Phi) is 4.69. The van der Waals surface area contributed by atoms with Crippen molar-refractivity contribution in [3.63, 3.8) is 0 Å². The number of nitrogens with zero attached hydrogens (tertiary/aromatic N) is 3. The molecule has 0 bridgehead atoms. The molecule has 0 aliphatic carbocycles. The third-order valence-corrected chi connectivity index (χ3v) is 4.76. The van der Waals surface area contributed by atoms with E-state index < -0.39 is 0 Å². The Balaban J connectivity index is 2.12. The first-order chi connectivity index (χ1) is 9.92. The van der Waals surface area contributed by atoms with Crippen LogP contribution in [0.1, 0.15) is 35.1 Å². The monoisotopic (exact) mass is 324 g/mol. The topological polar surface area (TPSA) is 75.2 Å². The molecule has 0 aliphatic rings. The van der Waals surface area contributed by atoms with E-state index in [-0.39, 0.29) is 11.8 Å². The molecule has 0 saturated carbocycles. The highest BCUT2D eigenvalue weighted by molar-refractivity contribution is 7.13. The van der Waals surface area contributed by atoms with Gasteiger partial charge in [0.2, 0.25) is 0 Å². The Morgan fingerprint density at radius 1 is 1.29 bits per heavy atom. The molecule has 112 valence electrons. The van der Waals surface area contributed by atoms with Gasteiger partial charge in [-0.1, -0.05) is 0 Å². The summed E-state index contributed by atoms with van der Waals surface area (Å²) in [5, 5.41) is 3.43. The van der Waals surface area contributed by atoms with E-state index >= 15 is 0 Å². The summed E-state index contributed by atoms with van der Waals surface area (Å²) in [6, 6.07) is 0. The van der Waals surface area contributed by atoms with Gasteiger partial charge in [-0.15, -0.1) is 22.7 Å². The van der Waals surface area contributed by atoms with Crippen LogP contribution in [0.25, 0.3) is 0 Å². The van der Waals surface area contributed by atoms with Crippen molar-refractivity contribution in [2.75, 3.05) is 14.1 Å². The smallest absolute Gasteiger partial charge is 0.282 e. The fourth-order valence-corrected chi connectivity index (χ4v) is 3.32. The molecule has 0 aromatic carbocycles. The summed E-state index contributed by atoms with van der Waals surface area (Å²) < 4.78 is 0. The maximum absolute atomic E-state index is 12.2. The van der Waals surface area contributed by atoms with Crippen LogP contribution < -0.4 is 5.32 Å². The predicted molar refractivity (Wildman–Crippen MR) is 82.9 cm³/mol. The molecule has 2 amide bonds. The van der Waals surface area contributed by atoms with Gasteiger partial charge in [0, 0.05) is 30.0 Å². The summed E-state index contributed by atoms with van der Waals surface area (Å²) in [5.41, 5.74) is 0.739. The first-order valence-corrected chi connectivity index (χ1v) is 7.92. The Morgan fingerprint density at radius 2 is 2.00 bits per heavy atom. The number of nitrogens with one attached hydrogen (secondary N) is 1. The minimum Gasteiger partial charge on any atom is -0.353 e. The third kappa shape index (κ3) is 3.45. The molecule has 2 heterocycles. The van der Waals surface area contributed by atoms with E-state index in [9.17, 15) is 9.59 Å². The van der Waals surface area contributed by atoms with Gasteiger partial charge in [0.25, 0.3) is 11.8 Å². The maximum Gasteiger partial charge on any atom is 0.282 e. The number of amides is 2. The van der Waals surface area contributed by atoms with Crippen LogP contribution in [0.2, 0.25) is 0 Å². The number of hydrogen-bond acceptors (Lipinski definition) is 6. The number of carbonyl (C=O) groups excluding carboxylic acids is 2. The number of thiazole rings is 2. The number of aromatic nitrogens is 2. The summed E-state index contributed by atoms with van der Waals surface area (Å²) in [4.78, 5) is 35.7.